The minimum absolute atomic E-state index is 0.0900. The van der Waals surface area contributed by atoms with Crippen LogP contribution in [0, 0.1) is 5.82 Å². The molecule has 1 aromatic rings. The lowest BCUT2D eigenvalue weighted by atomic mass is 10.2. The van der Waals surface area contributed by atoms with Gasteiger partial charge in [0.25, 0.3) is 0 Å². The molecule has 0 saturated heterocycles. The first-order valence-corrected chi connectivity index (χ1v) is 5.74. The Morgan fingerprint density at radius 1 is 1.47 bits per heavy atom. The van der Waals surface area contributed by atoms with Crippen molar-refractivity contribution < 1.29 is 4.39 Å². The lowest BCUT2D eigenvalue weighted by Gasteiger charge is -2.09. The molecule has 1 atom stereocenters. The van der Waals surface area contributed by atoms with Gasteiger partial charge < -0.3 is 5.32 Å². The summed E-state index contributed by atoms with van der Waals surface area (Å²) in [6, 6.07) is 4.99. The van der Waals surface area contributed by atoms with Crippen LogP contribution in [0.1, 0.15) is 18.9 Å². The van der Waals surface area contributed by atoms with Crippen LogP contribution in [0.2, 0.25) is 5.02 Å². The van der Waals surface area contributed by atoms with Gasteiger partial charge in [0, 0.05) is 24.0 Å². The van der Waals surface area contributed by atoms with Gasteiger partial charge >= 0.3 is 0 Å². The number of alkyl halides is 1. The molecule has 15 heavy (non-hydrogen) atoms. The number of halogens is 3. The average molecular weight is 250 g/mol. The molecule has 1 rings (SSSR count). The van der Waals surface area contributed by atoms with Crippen LogP contribution in [-0.4, -0.2) is 11.9 Å². The first-order valence-electron chi connectivity index (χ1n) is 4.92. The van der Waals surface area contributed by atoms with Gasteiger partial charge in [-0.2, -0.15) is 0 Å². The fraction of sp³-hybridized carbons (Fsp3) is 0.455. The Balaban J connectivity index is 2.47. The second-order valence-electron chi connectivity index (χ2n) is 3.35. The van der Waals surface area contributed by atoms with Crippen LogP contribution < -0.4 is 5.32 Å². The zero-order valence-electron chi connectivity index (χ0n) is 8.56. The number of hydrogen-bond donors (Lipinski definition) is 1. The smallest absolute Gasteiger partial charge is 0.146 e. The Morgan fingerprint density at radius 2 is 2.20 bits per heavy atom. The van der Waals surface area contributed by atoms with Crippen LogP contribution in [0.4, 0.5) is 4.39 Å². The molecule has 0 aliphatic heterocycles. The van der Waals surface area contributed by atoms with Gasteiger partial charge in [-0.15, -0.1) is 11.6 Å². The van der Waals surface area contributed by atoms with Crippen molar-refractivity contribution in [3.8, 4) is 0 Å². The highest BCUT2D eigenvalue weighted by atomic mass is 35.5. The summed E-state index contributed by atoms with van der Waals surface area (Å²) < 4.78 is 13.4. The van der Waals surface area contributed by atoms with Crippen LogP contribution in [0.25, 0.3) is 0 Å². The second-order valence-corrected chi connectivity index (χ2v) is 4.37. The largest absolute Gasteiger partial charge is 0.311 e. The van der Waals surface area contributed by atoms with Crippen molar-refractivity contribution in [1.82, 2.24) is 5.32 Å². The normalized spacial score (nSPS) is 12.8. The third kappa shape index (κ3) is 3.98. The van der Waals surface area contributed by atoms with Crippen molar-refractivity contribution in [2.75, 3.05) is 6.54 Å². The molecular formula is C11H14Cl2FN. The Hall–Kier alpha value is -0.310. The SMILES string of the molecule is CCC(Cl)CNCc1cccc(Cl)c1F. The van der Waals surface area contributed by atoms with E-state index >= 15 is 0 Å². The topological polar surface area (TPSA) is 12.0 Å². The fourth-order valence-corrected chi connectivity index (χ4v) is 1.50. The Bertz CT molecular complexity index is 317. The summed E-state index contributed by atoms with van der Waals surface area (Å²) in [5.74, 6) is -0.353. The molecule has 0 aromatic heterocycles. The van der Waals surface area contributed by atoms with Crippen molar-refractivity contribution in [3.63, 3.8) is 0 Å². The first-order chi connectivity index (χ1) is 7.15. The van der Waals surface area contributed by atoms with Crippen molar-refractivity contribution in [2.45, 2.75) is 25.3 Å². The van der Waals surface area contributed by atoms with Crippen LogP contribution in [0.5, 0.6) is 0 Å². The molecule has 0 heterocycles. The monoisotopic (exact) mass is 249 g/mol. The van der Waals surface area contributed by atoms with Crippen molar-refractivity contribution in [3.05, 3.63) is 34.6 Å². The highest BCUT2D eigenvalue weighted by Crippen LogP contribution is 2.17. The number of nitrogens with one attached hydrogen (secondary N) is 1. The highest BCUT2D eigenvalue weighted by Gasteiger charge is 2.06. The third-order valence-corrected chi connectivity index (χ3v) is 2.91. The molecular weight excluding hydrogens is 236 g/mol. The quantitative estimate of drug-likeness (QED) is 0.787. The number of benzene rings is 1. The predicted molar refractivity (Wildman–Crippen MR) is 63.0 cm³/mol. The summed E-state index contributed by atoms with van der Waals surface area (Å²) in [5.41, 5.74) is 0.572. The lowest BCUT2D eigenvalue weighted by molar-refractivity contribution is 0.582. The van der Waals surface area contributed by atoms with E-state index in [2.05, 4.69) is 5.32 Å². The molecule has 0 aliphatic carbocycles. The zero-order valence-corrected chi connectivity index (χ0v) is 10.1. The standard InChI is InChI=1S/C11H14Cl2FN/c1-2-9(12)7-15-6-8-4-3-5-10(13)11(8)14/h3-5,9,15H,2,6-7H2,1H3. The van der Waals surface area contributed by atoms with Gasteiger partial charge in [0.2, 0.25) is 0 Å². The first kappa shape index (κ1) is 12.8. The van der Waals surface area contributed by atoms with E-state index in [1.165, 1.54) is 6.07 Å². The summed E-state index contributed by atoms with van der Waals surface area (Å²) in [5, 5.41) is 3.34. The molecule has 0 aliphatic rings. The molecule has 1 nitrogen and oxygen atoms in total. The number of hydrogen-bond acceptors (Lipinski definition) is 1. The minimum atomic E-state index is -0.353. The summed E-state index contributed by atoms with van der Waals surface area (Å²) in [6.07, 6.45) is 0.895. The average Bonchev–Trinajstić information content (AvgIpc) is 2.24. The van der Waals surface area contributed by atoms with Gasteiger partial charge in [-0.3, -0.25) is 0 Å². The molecule has 0 radical (unpaired) electrons. The summed E-state index contributed by atoms with van der Waals surface area (Å²) in [6.45, 7) is 3.14. The van der Waals surface area contributed by atoms with Gasteiger partial charge in [-0.1, -0.05) is 30.7 Å². The highest BCUT2D eigenvalue weighted by molar-refractivity contribution is 6.30. The van der Waals surface area contributed by atoms with E-state index in [1.807, 2.05) is 6.92 Å². The van der Waals surface area contributed by atoms with Crippen LogP contribution in [0.15, 0.2) is 18.2 Å². The zero-order chi connectivity index (χ0) is 11.3. The molecule has 4 heteroatoms. The Labute approximate surface area is 99.6 Å². The maximum Gasteiger partial charge on any atom is 0.146 e. The molecule has 0 bridgehead atoms. The third-order valence-electron chi connectivity index (χ3n) is 2.16. The number of rotatable bonds is 5. The van der Waals surface area contributed by atoms with Gasteiger partial charge in [-0.25, -0.2) is 4.39 Å². The summed E-state index contributed by atoms with van der Waals surface area (Å²) in [7, 11) is 0. The Kier molecular flexibility index (Phi) is 5.37. The predicted octanol–water partition coefficient (Wildman–Crippen LogP) is 3.59. The maximum absolute atomic E-state index is 13.4. The van der Waals surface area contributed by atoms with E-state index in [9.17, 15) is 4.39 Å². The molecule has 84 valence electrons. The van der Waals surface area contributed by atoms with E-state index < -0.39 is 0 Å². The Morgan fingerprint density at radius 3 is 2.87 bits per heavy atom. The molecule has 1 aromatic carbocycles. The van der Waals surface area contributed by atoms with E-state index in [1.54, 1.807) is 12.1 Å². The van der Waals surface area contributed by atoms with Crippen molar-refractivity contribution in [2.24, 2.45) is 0 Å². The minimum Gasteiger partial charge on any atom is -0.311 e. The molecule has 0 amide bonds. The van der Waals surface area contributed by atoms with Crippen LogP contribution in [0.3, 0.4) is 0 Å². The second kappa shape index (κ2) is 6.31. The lowest BCUT2D eigenvalue weighted by Crippen LogP contribution is -2.22. The van der Waals surface area contributed by atoms with Gasteiger partial charge in [-0.05, 0) is 12.5 Å². The van der Waals surface area contributed by atoms with Gasteiger partial charge in [0.05, 0.1) is 5.02 Å². The maximum atomic E-state index is 13.4. The molecule has 0 fully saturated rings. The van der Waals surface area contributed by atoms with E-state index in [0.29, 0.717) is 18.7 Å². The molecule has 1 unspecified atom stereocenters. The van der Waals surface area contributed by atoms with Crippen molar-refractivity contribution >= 4 is 23.2 Å². The van der Waals surface area contributed by atoms with Crippen molar-refractivity contribution in [1.29, 1.82) is 0 Å². The fourth-order valence-electron chi connectivity index (χ4n) is 1.19. The molecule has 1 N–H and O–H groups in total. The van der Waals surface area contributed by atoms with E-state index in [0.717, 1.165) is 6.42 Å². The summed E-state index contributed by atoms with van der Waals surface area (Å²) >= 11 is 11.6. The molecule has 0 spiro atoms. The van der Waals surface area contributed by atoms with Crippen LogP contribution in [-0.2, 0) is 6.54 Å². The van der Waals surface area contributed by atoms with Crippen LogP contribution >= 0.6 is 23.2 Å². The van der Waals surface area contributed by atoms with E-state index in [-0.39, 0.29) is 16.2 Å². The van der Waals surface area contributed by atoms with Gasteiger partial charge in [0.1, 0.15) is 5.82 Å². The summed E-state index contributed by atoms with van der Waals surface area (Å²) in [4.78, 5) is 0. The molecule has 0 saturated carbocycles. The van der Waals surface area contributed by atoms with E-state index in [4.69, 9.17) is 23.2 Å². The van der Waals surface area contributed by atoms with Gasteiger partial charge in [0.15, 0.2) is 0 Å².